The van der Waals surface area contributed by atoms with Crippen LogP contribution >= 0.6 is 12.2 Å². The summed E-state index contributed by atoms with van der Waals surface area (Å²) in [5, 5.41) is 2.20. The lowest BCUT2D eigenvalue weighted by molar-refractivity contribution is 1.37. The first-order chi connectivity index (χ1) is 3.41. The van der Waals surface area contributed by atoms with Crippen LogP contribution in [0.4, 0.5) is 0 Å². The van der Waals surface area contributed by atoms with Crippen molar-refractivity contribution in [3.8, 4) is 0 Å². The van der Waals surface area contributed by atoms with Gasteiger partial charge in [0.15, 0.2) is 0 Å². The fourth-order valence-electron chi connectivity index (χ4n) is 0.158. The van der Waals surface area contributed by atoms with Gasteiger partial charge in [0.05, 0.1) is 5.16 Å². The van der Waals surface area contributed by atoms with E-state index in [9.17, 15) is 0 Å². The van der Waals surface area contributed by atoms with Crippen LogP contribution in [0.3, 0.4) is 0 Å². The summed E-state index contributed by atoms with van der Waals surface area (Å²) in [6, 6.07) is 0. The SMILES string of the molecule is [CH2]CC=CN=C=S. The van der Waals surface area contributed by atoms with Crippen molar-refractivity contribution < 1.29 is 0 Å². The molecular weight excluding hydrogens is 106 g/mol. The average Bonchev–Trinajstić information content (AvgIpc) is 1.69. The van der Waals surface area contributed by atoms with E-state index in [0.717, 1.165) is 6.42 Å². The highest BCUT2D eigenvalue weighted by Gasteiger charge is 1.57. The smallest absolute Gasteiger partial charge is 0.0634 e. The molecule has 0 aromatic carbocycles. The summed E-state index contributed by atoms with van der Waals surface area (Å²) < 4.78 is 0. The molecule has 0 aromatic rings. The van der Waals surface area contributed by atoms with Crippen molar-refractivity contribution in [3.05, 3.63) is 19.2 Å². The molecular formula is C5H6NS. The average molecular weight is 112 g/mol. The first-order valence-corrected chi connectivity index (χ1v) is 2.34. The number of thiocarbonyl (C=S) groups is 1. The molecule has 0 atom stereocenters. The standard InChI is InChI=1S/C5H6NS/c1-2-3-4-6-5-7/h3-4H,1-2H2. The van der Waals surface area contributed by atoms with E-state index in [1.807, 2.05) is 0 Å². The van der Waals surface area contributed by atoms with Crippen LogP contribution in [-0.2, 0) is 0 Å². The largest absolute Gasteiger partial charge is 0.203 e. The van der Waals surface area contributed by atoms with E-state index < -0.39 is 0 Å². The van der Waals surface area contributed by atoms with Crippen LogP contribution in [0.15, 0.2) is 17.3 Å². The molecule has 0 heterocycles. The van der Waals surface area contributed by atoms with Crippen LogP contribution in [0.5, 0.6) is 0 Å². The molecule has 1 nitrogen and oxygen atoms in total. The van der Waals surface area contributed by atoms with Gasteiger partial charge in [-0.2, -0.15) is 0 Å². The highest BCUT2D eigenvalue weighted by Crippen LogP contribution is 1.76. The van der Waals surface area contributed by atoms with Crippen LogP contribution in [0, 0.1) is 6.92 Å². The first kappa shape index (κ1) is 6.54. The van der Waals surface area contributed by atoms with Crippen molar-refractivity contribution in [1.82, 2.24) is 0 Å². The number of hydrogen-bond acceptors (Lipinski definition) is 2. The minimum absolute atomic E-state index is 0.751. The van der Waals surface area contributed by atoms with Crippen molar-refractivity contribution in [2.75, 3.05) is 0 Å². The second-order valence-corrected chi connectivity index (χ2v) is 1.08. The van der Waals surface area contributed by atoms with E-state index in [1.54, 1.807) is 12.3 Å². The van der Waals surface area contributed by atoms with Crippen LogP contribution in [0.2, 0.25) is 0 Å². The van der Waals surface area contributed by atoms with E-state index in [4.69, 9.17) is 0 Å². The van der Waals surface area contributed by atoms with E-state index in [1.165, 1.54) is 0 Å². The Kier molecular flexibility index (Phi) is 5.18. The van der Waals surface area contributed by atoms with E-state index >= 15 is 0 Å². The first-order valence-electron chi connectivity index (χ1n) is 1.93. The third-order valence-corrected chi connectivity index (χ3v) is 0.505. The Labute approximate surface area is 48.8 Å². The molecule has 0 saturated carbocycles. The summed E-state index contributed by atoms with van der Waals surface area (Å²) >= 11 is 4.28. The van der Waals surface area contributed by atoms with Gasteiger partial charge in [0, 0.05) is 6.20 Å². The lowest BCUT2D eigenvalue weighted by Crippen LogP contribution is -1.49. The summed E-state index contributed by atoms with van der Waals surface area (Å²) in [4.78, 5) is 3.51. The van der Waals surface area contributed by atoms with Gasteiger partial charge < -0.3 is 0 Å². The second kappa shape index (κ2) is 5.54. The maximum atomic E-state index is 4.28. The van der Waals surface area contributed by atoms with E-state index in [0.29, 0.717) is 0 Å². The highest BCUT2D eigenvalue weighted by atomic mass is 32.1. The summed E-state index contributed by atoms with van der Waals surface area (Å²) in [6.45, 7) is 3.55. The van der Waals surface area contributed by atoms with Crippen LogP contribution in [0.1, 0.15) is 6.42 Å². The Morgan fingerprint density at radius 1 is 1.86 bits per heavy atom. The normalized spacial score (nSPS) is 8.71. The monoisotopic (exact) mass is 112 g/mol. The predicted octanol–water partition coefficient (Wildman–Crippen LogP) is 1.83. The maximum Gasteiger partial charge on any atom is 0.0634 e. The molecule has 0 aliphatic carbocycles. The second-order valence-electron chi connectivity index (χ2n) is 0.894. The third-order valence-electron chi connectivity index (χ3n) is 0.399. The lowest BCUT2D eigenvalue weighted by atomic mass is 10.5. The Bertz CT molecular complexity index is 101. The molecule has 37 valence electrons. The molecule has 0 amide bonds. The number of nitrogens with zero attached hydrogens (tertiary/aromatic N) is 1. The number of rotatable bonds is 2. The Hall–Kier alpha value is -0.460. The molecule has 0 fully saturated rings. The van der Waals surface area contributed by atoms with Crippen LogP contribution in [-0.4, -0.2) is 5.16 Å². The summed E-state index contributed by atoms with van der Waals surface area (Å²) in [6.07, 6.45) is 4.14. The molecule has 7 heavy (non-hydrogen) atoms. The van der Waals surface area contributed by atoms with Gasteiger partial charge in [0.25, 0.3) is 0 Å². The summed E-state index contributed by atoms with van der Waals surface area (Å²) in [5.41, 5.74) is 0. The molecule has 0 spiro atoms. The number of hydrogen-bond donors (Lipinski definition) is 0. The molecule has 1 radical (unpaired) electrons. The number of aliphatic imine (C=N–C) groups is 1. The lowest BCUT2D eigenvalue weighted by Gasteiger charge is -1.67. The van der Waals surface area contributed by atoms with E-state index in [2.05, 4.69) is 29.3 Å². The zero-order valence-electron chi connectivity index (χ0n) is 3.92. The van der Waals surface area contributed by atoms with Crippen molar-refractivity contribution in [2.24, 2.45) is 4.99 Å². The minimum atomic E-state index is 0.751. The Morgan fingerprint density at radius 3 is 3.00 bits per heavy atom. The Morgan fingerprint density at radius 2 is 2.57 bits per heavy atom. The van der Waals surface area contributed by atoms with Crippen molar-refractivity contribution >= 4 is 17.4 Å². The summed E-state index contributed by atoms with van der Waals surface area (Å²) in [7, 11) is 0. The maximum absolute atomic E-state index is 4.28. The van der Waals surface area contributed by atoms with Gasteiger partial charge in [-0.25, -0.2) is 4.99 Å². The molecule has 2 heteroatoms. The van der Waals surface area contributed by atoms with Crippen LogP contribution in [0.25, 0.3) is 0 Å². The van der Waals surface area contributed by atoms with Gasteiger partial charge in [0.1, 0.15) is 0 Å². The molecule has 0 saturated heterocycles. The van der Waals surface area contributed by atoms with Gasteiger partial charge in [-0.15, -0.1) is 0 Å². The minimum Gasteiger partial charge on any atom is -0.203 e. The Balaban J connectivity index is 3.27. The molecule has 0 N–H and O–H groups in total. The van der Waals surface area contributed by atoms with Gasteiger partial charge >= 0.3 is 0 Å². The van der Waals surface area contributed by atoms with Gasteiger partial charge in [-0.05, 0) is 25.6 Å². The van der Waals surface area contributed by atoms with Crippen LogP contribution < -0.4 is 0 Å². The topological polar surface area (TPSA) is 12.4 Å². The molecule has 0 rings (SSSR count). The highest BCUT2D eigenvalue weighted by molar-refractivity contribution is 7.78. The molecule has 0 aromatic heterocycles. The van der Waals surface area contributed by atoms with Gasteiger partial charge in [-0.1, -0.05) is 6.08 Å². The van der Waals surface area contributed by atoms with E-state index in [-0.39, 0.29) is 0 Å². The fraction of sp³-hybridized carbons (Fsp3) is 0.200. The zero-order chi connectivity index (χ0) is 5.54. The van der Waals surface area contributed by atoms with Gasteiger partial charge in [-0.3, -0.25) is 0 Å². The van der Waals surface area contributed by atoms with Crippen molar-refractivity contribution in [3.63, 3.8) is 0 Å². The fourth-order valence-corrected chi connectivity index (χ4v) is 0.219. The molecule has 0 aliphatic rings. The zero-order valence-corrected chi connectivity index (χ0v) is 4.74. The van der Waals surface area contributed by atoms with Crippen molar-refractivity contribution in [1.29, 1.82) is 0 Å². The molecule has 0 unspecified atom stereocenters. The molecule has 0 bridgehead atoms. The van der Waals surface area contributed by atoms with Crippen molar-refractivity contribution in [2.45, 2.75) is 6.42 Å². The summed E-state index contributed by atoms with van der Waals surface area (Å²) in [5.74, 6) is 0. The molecule has 0 aliphatic heterocycles. The predicted molar refractivity (Wildman–Crippen MR) is 34.1 cm³/mol. The third kappa shape index (κ3) is 5.54. The quantitative estimate of drug-likeness (QED) is 0.392. The number of isothiocyanates is 1. The van der Waals surface area contributed by atoms with Gasteiger partial charge in [0.2, 0.25) is 0 Å². The number of allylic oxidation sites excluding steroid dienone is 1.